The number of carbonyl (C=O) groups is 2. The Morgan fingerprint density at radius 2 is 1.81 bits per heavy atom. The highest BCUT2D eigenvalue weighted by Crippen LogP contribution is 2.18. The fraction of sp³-hybridized carbons (Fsp3) is 0.846. The summed E-state index contributed by atoms with van der Waals surface area (Å²) >= 11 is 0. The third-order valence-corrected chi connectivity index (χ3v) is 2.88. The van der Waals surface area contributed by atoms with Crippen molar-refractivity contribution in [3.8, 4) is 0 Å². The molecule has 0 spiro atoms. The molecule has 0 saturated carbocycles. The summed E-state index contributed by atoms with van der Waals surface area (Å²) in [5.41, 5.74) is 0. The number of likely N-dealkylation sites (tertiary alicyclic amines) is 1. The van der Waals surface area contributed by atoms with Crippen molar-refractivity contribution < 1.29 is 9.59 Å². The lowest BCUT2D eigenvalue weighted by Gasteiger charge is -2.31. The van der Waals surface area contributed by atoms with E-state index < -0.39 is 0 Å². The first-order valence-electron chi connectivity index (χ1n) is 6.49. The van der Waals surface area contributed by atoms with Crippen LogP contribution in [0.1, 0.15) is 53.4 Å². The van der Waals surface area contributed by atoms with Gasteiger partial charge >= 0.3 is 0 Å². The van der Waals surface area contributed by atoms with E-state index in [4.69, 9.17) is 0 Å². The average Bonchev–Trinajstić information content (AvgIpc) is 2.39. The van der Waals surface area contributed by atoms with Crippen LogP contribution in [0.2, 0.25) is 0 Å². The molecule has 0 aromatic rings. The van der Waals surface area contributed by atoms with Crippen molar-refractivity contribution >= 4 is 11.7 Å². The summed E-state index contributed by atoms with van der Waals surface area (Å²) in [6, 6.07) is 0. The molecular formula is C13H25NO2. The molecule has 1 saturated heterocycles. The predicted octanol–water partition coefficient (Wildman–Crippen LogP) is 2.64. The Balaban J connectivity index is 0.00000106. The standard InChI is InChI=1S/C11H19NO2.C2H6/c1-3-10(13)9-6-5-7-12(8-9)11(14)4-2;1-2/h9H,3-8H2,1-2H3;1-2H3. The monoisotopic (exact) mass is 227 g/mol. The Morgan fingerprint density at radius 1 is 1.19 bits per heavy atom. The number of rotatable bonds is 3. The fourth-order valence-electron chi connectivity index (χ4n) is 1.98. The second-order valence-corrected chi connectivity index (χ2v) is 3.85. The Labute approximate surface area is 99.2 Å². The minimum Gasteiger partial charge on any atom is -0.342 e. The van der Waals surface area contributed by atoms with Crippen molar-refractivity contribution in [3.05, 3.63) is 0 Å². The number of hydrogen-bond acceptors (Lipinski definition) is 2. The van der Waals surface area contributed by atoms with E-state index in [-0.39, 0.29) is 11.8 Å². The molecule has 1 aliphatic rings. The molecule has 0 N–H and O–H groups in total. The molecule has 0 bridgehead atoms. The molecule has 0 aromatic carbocycles. The van der Waals surface area contributed by atoms with E-state index in [1.807, 2.05) is 32.6 Å². The van der Waals surface area contributed by atoms with E-state index in [1.54, 1.807) is 0 Å². The van der Waals surface area contributed by atoms with Gasteiger partial charge in [-0.2, -0.15) is 0 Å². The van der Waals surface area contributed by atoms with Gasteiger partial charge in [0.25, 0.3) is 0 Å². The lowest BCUT2D eigenvalue weighted by Crippen LogP contribution is -2.41. The van der Waals surface area contributed by atoms with Crippen molar-refractivity contribution in [3.63, 3.8) is 0 Å². The van der Waals surface area contributed by atoms with E-state index in [0.717, 1.165) is 19.4 Å². The largest absolute Gasteiger partial charge is 0.342 e. The second-order valence-electron chi connectivity index (χ2n) is 3.85. The summed E-state index contributed by atoms with van der Waals surface area (Å²) in [6.07, 6.45) is 3.08. The molecule has 1 rings (SSSR count). The SMILES string of the molecule is CC.CCC(=O)C1CCCN(C(=O)CC)C1. The van der Waals surface area contributed by atoms with Gasteiger partial charge in [-0.1, -0.05) is 27.7 Å². The van der Waals surface area contributed by atoms with Crippen LogP contribution in [0.3, 0.4) is 0 Å². The van der Waals surface area contributed by atoms with Gasteiger partial charge in [-0.3, -0.25) is 9.59 Å². The van der Waals surface area contributed by atoms with E-state index in [2.05, 4.69) is 0 Å². The zero-order valence-electron chi connectivity index (χ0n) is 11.1. The van der Waals surface area contributed by atoms with Crippen molar-refractivity contribution in [1.29, 1.82) is 0 Å². The number of carbonyl (C=O) groups excluding carboxylic acids is 2. The smallest absolute Gasteiger partial charge is 0.222 e. The van der Waals surface area contributed by atoms with Crippen LogP contribution < -0.4 is 0 Å². The van der Waals surface area contributed by atoms with Crippen molar-refractivity contribution in [2.24, 2.45) is 5.92 Å². The third-order valence-electron chi connectivity index (χ3n) is 2.88. The topological polar surface area (TPSA) is 37.4 Å². The van der Waals surface area contributed by atoms with Crippen LogP contribution in [-0.4, -0.2) is 29.7 Å². The Bertz CT molecular complexity index is 204. The minimum absolute atomic E-state index is 0.101. The number of ketones is 1. The van der Waals surface area contributed by atoms with Crippen LogP contribution in [0.25, 0.3) is 0 Å². The van der Waals surface area contributed by atoms with Gasteiger partial charge in [-0.25, -0.2) is 0 Å². The average molecular weight is 227 g/mol. The zero-order valence-corrected chi connectivity index (χ0v) is 11.1. The van der Waals surface area contributed by atoms with Crippen LogP contribution >= 0.6 is 0 Å². The minimum atomic E-state index is 0.101. The quantitative estimate of drug-likeness (QED) is 0.743. The van der Waals surface area contributed by atoms with Crippen molar-refractivity contribution in [2.75, 3.05) is 13.1 Å². The molecule has 1 aliphatic heterocycles. The van der Waals surface area contributed by atoms with Gasteiger partial charge in [-0.05, 0) is 12.8 Å². The summed E-state index contributed by atoms with van der Waals surface area (Å²) in [5, 5.41) is 0. The molecule has 94 valence electrons. The fourth-order valence-corrected chi connectivity index (χ4v) is 1.98. The van der Waals surface area contributed by atoms with Crippen LogP contribution in [0.4, 0.5) is 0 Å². The van der Waals surface area contributed by atoms with E-state index in [1.165, 1.54) is 0 Å². The van der Waals surface area contributed by atoms with Gasteiger partial charge in [0.2, 0.25) is 5.91 Å². The van der Waals surface area contributed by atoms with Gasteiger partial charge in [-0.15, -0.1) is 0 Å². The van der Waals surface area contributed by atoms with Gasteiger partial charge in [0.15, 0.2) is 0 Å². The Morgan fingerprint density at radius 3 is 2.31 bits per heavy atom. The number of Topliss-reactive ketones (excluding diaryl/α,β-unsaturated/α-hetero) is 1. The summed E-state index contributed by atoms with van der Waals surface area (Å²) in [7, 11) is 0. The molecule has 1 amide bonds. The molecule has 1 unspecified atom stereocenters. The maximum absolute atomic E-state index is 11.5. The van der Waals surface area contributed by atoms with Crippen LogP contribution in [0.5, 0.6) is 0 Å². The van der Waals surface area contributed by atoms with Crippen LogP contribution in [-0.2, 0) is 9.59 Å². The summed E-state index contributed by atoms with van der Waals surface area (Å²) < 4.78 is 0. The molecule has 0 aromatic heterocycles. The normalized spacial score (nSPS) is 19.8. The van der Waals surface area contributed by atoms with Gasteiger partial charge in [0, 0.05) is 31.8 Å². The molecular weight excluding hydrogens is 202 g/mol. The molecule has 3 heteroatoms. The highest BCUT2D eigenvalue weighted by Gasteiger charge is 2.26. The molecule has 3 nitrogen and oxygen atoms in total. The maximum Gasteiger partial charge on any atom is 0.222 e. The molecule has 16 heavy (non-hydrogen) atoms. The zero-order chi connectivity index (χ0) is 12.6. The predicted molar refractivity (Wildman–Crippen MR) is 66.2 cm³/mol. The van der Waals surface area contributed by atoms with Crippen molar-refractivity contribution in [2.45, 2.75) is 53.4 Å². The number of hydrogen-bond donors (Lipinski definition) is 0. The highest BCUT2D eigenvalue weighted by molar-refractivity contribution is 5.82. The number of amides is 1. The molecule has 1 heterocycles. The Hall–Kier alpha value is -0.860. The Kier molecular flexibility index (Phi) is 7.86. The van der Waals surface area contributed by atoms with Gasteiger partial charge in [0.1, 0.15) is 5.78 Å². The second kappa shape index (κ2) is 8.31. The maximum atomic E-state index is 11.5. The first kappa shape index (κ1) is 15.1. The summed E-state index contributed by atoms with van der Waals surface area (Å²) in [4.78, 5) is 24.8. The van der Waals surface area contributed by atoms with Gasteiger partial charge < -0.3 is 4.90 Å². The summed E-state index contributed by atoms with van der Waals surface area (Å²) in [6.45, 7) is 9.25. The van der Waals surface area contributed by atoms with E-state index in [9.17, 15) is 9.59 Å². The molecule has 0 radical (unpaired) electrons. The van der Waals surface area contributed by atoms with Crippen LogP contribution in [0, 0.1) is 5.92 Å². The lowest BCUT2D eigenvalue weighted by molar-refractivity contribution is -0.134. The molecule has 1 atom stereocenters. The number of piperidine rings is 1. The highest BCUT2D eigenvalue weighted by atomic mass is 16.2. The first-order chi connectivity index (χ1) is 7.69. The third kappa shape index (κ3) is 4.33. The van der Waals surface area contributed by atoms with Crippen molar-refractivity contribution in [1.82, 2.24) is 4.90 Å². The molecule has 0 aliphatic carbocycles. The van der Waals surface area contributed by atoms with Gasteiger partial charge in [0.05, 0.1) is 0 Å². The lowest BCUT2D eigenvalue weighted by atomic mass is 9.92. The van der Waals surface area contributed by atoms with E-state index >= 15 is 0 Å². The first-order valence-corrected chi connectivity index (χ1v) is 6.49. The van der Waals surface area contributed by atoms with Crippen LogP contribution in [0.15, 0.2) is 0 Å². The summed E-state index contributed by atoms with van der Waals surface area (Å²) in [5.74, 6) is 0.585. The molecule has 1 fully saturated rings. The number of nitrogens with zero attached hydrogens (tertiary/aromatic N) is 1. The van der Waals surface area contributed by atoms with E-state index in [0.29, 0.717) is 25.2 Å².